The highest BCUT2D eigenvalue weighted by atomic mass is 32.2. The molecule has 6 heteroatoms. The van der Waals surface area contributed by atoms with Gasteiger partial charge in [0.15, 0.2) is 0 Å². The molecule has 2 amide bonds. The average Bonchev–Trinajstić information content (AvgIpc) is 2.80. The minimum atomic E-state index is -0.952. The van der Waals surface area contributed by atoms with Crippen molar-refractivity contribution in [3.8, 4) is 0 Å². The number of benzene rings is 1. The van der Waals surface area contributed by atoms with Crippen LogP contribution < -0.4 is 4.90 Å². The summed E-state index contributed by atoms with van der Waals surface area (Å²) < 4.78 is 0. The van der Waals surface area contributed by atoms with Crippen LogP contribution in [0.3, 0.4) is 0 Å². The van der Waals surface area contributed by atoms with Crippen molar-refractivity contribution in [3.63, 3.8) is 0 Å². The Bertz CT molecular complexity index is 480. The Morgan fingerprint density at radius 3 is 2.58 bits per heavy atom. The van der Waals surface area contributed by atoms with Crippen molar-refractivity contribution >= 4 is 29.4 Å². The first kappa shape index (κ1) is 13.7. The number of aliphatic carboxylic acids is 1. The zero-order valence-corrected chi connectivity index (χ0v) is 11.6. The van der Waals surface area contributed by atoms with E-state index < -0.39 is 12.0 Å². The first-order valence-electron chi connectivity index (χ1n) is 5.98. The second-order valence-electron chi connectivity index (χ2n) is 4.37. The monoisotopic (exact) mass is 280 g/mol. The average molecular weight is 280 g/mol. The molecule has 0 bridgehead atoms. The molecular weight excluding hydrogens is 264 g/mol. The Balaban J connectivity index is 2.20. The maximum absolute atomic E-state index is 12.4. The van der Waals surface area contributed by atoms with Crippen LogP contribution in [-0.4, -0.2) is 46.2 Å². The number of hydrogen-bond donors (Lipinski definition) is 1. The number of urea groups is 1. The number of anilines is 1. The lowest BCUT2D eigenvalue weighted by Gasteiger charge is -2.30. The van der Waals surface area contributed by atoms with E-state index in [1.54, 1.807) is 7.05 Å². The zero-order chi connectivity index (χ0) is 14.0. The van der Waals surface area contributed by atoms with E-state index in [1.807, 2.05) is 37.3 Å². The van der Waals surface area contributed by atoms with E-state index in [2.05, 4.69) is 0 Å². The van der Waals surface area contributed by atoms with Crippen molar-refractivity contribution in [2.24, 2.45) is 0 Å². The molecule has 19 heavy (non-hydrogen) atoms. The Labute approximate surface area is 116 Å². The summed E-state index contributed by atoms with van der Waals surface area (Å²) in [7, 11) is 1.66. The molecule has 2 atom stereocenters. The van der Waals surface area contributed by atoms with Crippen LogP contribution in [0, 0.1) is 0 Å². The van der Waals surface area contributed by atoms with Gasteiger partial charge in [0.2, 0.25) is 0 Å². The number of carbonyl (C=O) groups is 2. The van der Waals surface area contributed by atoms with Crippen molar-refractivity contribution in [3.05, 3.63) is 30.3 Å². The van der Waals surface area contributed by atoms with E-state index >= 15 is 0 Å². The maximum atomic E-state index is 12.4. The van der Waals surface area contributed by atoms with Crippen LogP contribution in [0.25, 0.3) is 0 Å². The molecule has 5 nitrogen and oxygen atoms in total. The quantitative estimate of drug-likeness (QED) is 0.901. The number of rotatable bonds is 2. The first-order valence-corrected chi connectivity index (χ1v) is 7.02. The molecule has 1 saturated heterocycles. The van der Waals surface area contributed by atoms with Crippen LogP contribution in [0.5, 0.6) is 0 Å². The lowest BCUT2D eigenvalue weighted by molar-refractivity contribution is -0.141. The number of thioether (sulfide) groups is 1. The number of carboxylic acids is 1. The van der Waals surface area contributed by atoms with E-state index in [1.165, 1.54) is 21.6 Å². The van der Waals surface area contributed by atoms with Crippen LogP contribution in [-0.2, 0) is 4.79 Å². The predicted octanol–water partition coefficient (Wildman–Crippen LogP) is 2.09. The normalized spacial score (nSPS) is 22.3. The zero-order valence-electron chi connectivity index (χ0n) is 10.8. The second-order valence-corrected chi connectivity index (χ2v) is 5.72. The van der Waals surface area contributed by atoms with Gasteiger partial charge >= 0.3 is 12.0 Å². The lowest BCUT2D eigenvalue weighted by atomic mass is 10.2. The molecule has 0 spiro atoms. The molecule has 2 rings (SSSR count). The van der Waals surface area contributed by atoms with E-state index in [0.717, 1.165) is 5.69 Å². The summed E-state index contributed by atoms with van der Waals surface area (Å²) in [4.78, 5) is 26.6. The molecule has 0 radical (unpaired) electrons. The van der Waals surface area contributed by atoms with Gasteiger partial charge in [-0.05, 0) is 19.1 Å². The molecule has 1 aromatic carbocycles. The number of para-hydroxylation sites is 1. The molecule has 102 valence electrons. The summed E-state index contributed by atoms with van der Waals surface area (Å²) in [5.74, 6) is -0.517. The fourth-order valence-corrected chi connectivity index (χ4v) is 3.22. The summed E-state index contributed by atoms with van der Waals surface area (Å²) >= 11 is 1.48. The SMILES string of the molecule is CC1SCC(C(=O)O)N1C(=O)N(C)c1ccccc1. The van der Waals surface area contributed by atoms with Crippen molar-refractivity contribution in [1.82, 2.24) is 4.90 Å². The van der Waals surface area contributed by atoms with Crippen molar-refractivity contribution in [2.45, 2.75) is 18.3 Å². The molecule has 1 aromatic rings. The number of nitrogens with zero attached hydrogens (tertiary/aromatic N) is 2. The van der Waals surface area contributed by atoms with Gasteiger partial charge in [0.25, 0.3) is 0 Å². The predicted molar refractivity (Wildman–Crippen MR) is 75.4 cm³/mol. The maximum Gasteiger partial charge on any atom is 0.327 e. The minimum Gasteiger partial charge on any atom is -0.480 e. The highest BCUT2D eigenvalue weighted by Crippen LogP contribution is 2.30. The van der Waals surface area contributed by atoms with Gasteiger partial charge < -0.3 is 5.11 Å². The highest BCUT2D eigenvalue weighted by Gasteiger charge is 2.40. The van der Waals surface area contributed by atoms with E-state index in [9.17, 15) is 14.7 Å². The standard InChI is InChI=1S/C13H16N2O3S/c1-9-15(11(8-19-9)12(16)17)13(18)14(2)10-6-4-3-5-7-10/h3-7,9,11H,8H2,1-2H3,(H,16,17). The van der Waals surface area contributed by atoms with E-state index in [4.69, 9.17) is 0 Å². The number of carboxylic acid groups (broad SMARTS) is 1. The minimum absolute atomic E-state index is 0.125. The molecule has 1 aliphatic heterocycles. The van der Waals surface area contributed by atoms with Crippen LogP contribution >= 0.6 is 11.8 Å². The Kier molecular flexibility index (Phi) is 3.99. The van der Waals surface area contributed by atoms with Gasteiger partial charge in [0.1, 0.15) is 6.04 Å². The van der Waals surface area contributed by atoms with Crippen LogP contribution in [0.1, 0.15) is 6.92 Å². The summed E-state index contributed by atoms with van der Waals surface area (Å²) in [5, 5.41) is 9.05. The van der Waals surface area contributed by atoms with Crippen molar-refractivity contribution in [2.75, 3.05) is 17.7 Å². The molecule has 1 aliphatic rings. The van der Waals surface area contributed by atoms with Gasteiger partial charge in [-0.25, -0.2) is 9.59 Å². The van der Waals surface area contributed by atoms with Crippen molar-refractivity contribution in [1.29, 1.82) is 0 Å². The molecule has 0 aromatic heterocycles. The van der Waals surface area contributed by atoms with Crippen LogP contribution in [0.4, 0.5) is 10.5 Å². The second kappa shape index (κ2) is 5.52. The fraction of sp³-hybridized carbons (Fsp3) is 0.385. The van der Waals surface area contributed by atoms with Gasteiger partial charge in [-0.1, -0.05) is 18.2 Å². The van der Waals surface area contributed by atoms with Crippen LogP contribution in [0.2, 0.25) is 0 Å². The Hall–Kier alpha value is -1.69. The third-order valence-corrected chi connectivity index (χ3v) is 4.38. The summed E-state index contributed by atoms with van der Waals surface area (Å²) in [6.45, 7) is 1.85. The fourth-order valence-electron chi connectivity index (χ4n) is 2.06. The molecule has 1 heterocycles. The third kappa shape index (κ3) is 2.68. The van der Waals surface area contributed by atoms with Crippen LogP contribution in [0.15, 0.2) is 30.3 Å². The van der Waals surface area contributed by atoms with Gasteiger partial charge in [0.05, 0.1) is 5.37 Å². The lowest BCUT2D eigenvalue weighted by Crippen LogP contribution is -2.50. The van der Waals surface area contributed by atoms with E-state index in [-0.39, 0.29) is 11.4 Å². The first-order chi connectivity index (χ1) is 9.02. The molecule has 2 unspecified atom stereocenters. The number of carbonyl (C=O) groups excluding carboxylic acids is 1. The topological polar surface area (TPSA) is 60.9 Å². The molecular formula is C13H16N2O3S. The Morgan fingerprint density at radius 1 is 1.37 bits per heavy atom. The largest absolute Gasteiger partial charge is 0.480 e. The van der Waals surface area contributed by atoms with Crippen molar-refractivity contribution < 1.29 is 14.7 Å². The molecule has 0 aliphatic carbocycles. The summed E-state index contributed by atoms with van der Waals surface area (Å²) in [6.07, 6.45) is 0. The molecule has 1 fully saturated rings. The number of amides is 2. The third-order valence-electron chi connectivity index (χ3n) is 3.16. The number of hydrogen-bond acceptors (Lipinski definition) is 3. The van der Waals surface area contributed by atoms with Gasteiger partial charge in [-0.3, -0.25) is 9.80 Å². The summed E-state index contributed by atoms with van der Waals surface area (Å²) in [5.41, 5.74) is 0.751. The molecule has 1 N–H and O–H groups in total. The Morgan fingerprint density at radius 2 is 2.00 bits per heavy atom. The smallest absolute Gasteiger partial charge is 0.327 e. The van der Waals surface area contributed by atoms with Gasteiger partial charge in [-0.2, -0.15) is 0 Å². The highest BCUT2D eigenvalue weighted by molar-refractivity contribution is 8.00. The summed E-state index contributed by atoms with van der Waals surface area (Å²) in [6, 6.07) is 8.17. The van der Waals surface area contributed by atoms with E-state index in [0.29, 0.717) is 5.75 Å². The van der Waals surface area contributed by atoms with Gasteiger partial charge in [0, 0.05) is 18.5 Å². The van der Waals surface area contributed by atoms with Gasteiger partial charge in [-0.15, -0.1) is 11.8 Å². The molecule has 0 saturated carbocycles.